The average Bonchev–Trinajstić information content (AvgIpc) is 2.76. The van der Waals surface area contributed by atoms with Crippen LogP contribution in [0.3, 0.4) is 0 Å². The Hall–Kier alpha value is -0.870. The van der Waals surface area contributed by atoms with Gasteiger partial charge in [0.25, 0.3) is 0 Å². The van der Waals surface area contributed by atoms with E-state index in [0.717, 1.165) is 5.76 Å². The van der Waals surface area contributed by atoms with Gasteiger partial charge in [0.05, 0.1) is 6.10 Å². The van der Waals surface area contributed by atoms with E-state index in [-0.39, 0.29) is 30.4 Å². The van der Waals surface area contributed by atoms with Crippen LogP contribution in [-0.4, -0.2) is 30.4 Å². The molecular weight excluding hydrogens is 172 g/mol. The van der Waals surface area contributed by atoms with Crippen molar-refractivity contribution in [3.63, 3.8) is 0 Å². The number of carbonyl (C=O) groups excluding carboxylic acids is 1. The number of epoxide rings is 1. The van der Waals surface area contributed by atoms with Crippen molar-refractivity contribution >= 4 is 5.97 Å². The summed E-state index contributed by atoms with van der Waals surface area (Å²) < 4.78 is 16.0. The third-order valence-corrected chi connectivity index (χ3v) is 2.61. The Balaban J connectivity index is 1.78. The van der Waals surface area contributed by atoms with E-state index < -0.39 is 0 Å². The van der Waals surface area contributed by atoms with E-state index in [1.807, 2.05) is 6.08 Å². The zero-order valence-electron chi connectivity index (χ0n) is 7.23. The number of carbonyl (C=O) groups is 1. The molecule has 0 radical (unpaired) electrons. The van der Waals surface area contributed by atoms with Crippen LogP contribution in [0.4, 0.5) is 0 Å². The van der Waals surface area contributed by atoms with Gasteiger partial charge in [-0.2, -0.15) is 0 Å². The van der Waals surface area contributed by atoms with Gasteiger partial charge in [0.1, 0.15) is 24.1 Å². The van der Waals surface area contributed by atoms with Crippen molar-refractivity contribution in [2.24, 2.45) is 0 Å². The van der Waals surface area contributed by atoms with Gasteiger partial charge in [0.15, 0.2) is 0 Å². The largest absolute Gasteiger partial charge is 0.431 e. The van der Waals surface area contributed by atoms with Gasteiger partial charge in [-0.05, 0) is 6.08 Å². The van der Waals surface area contributed by atoms with Crippen LogP contribution in [0.25, 0.3) is 0 Å². The molecule has 2 saturated heterocycles. The van der Waals surface area contributed by atoms with Crippen LogP contribution in [-0.2, 0) is 19.0 Å². The fourth-order valence-corrected chi connectivity index (χ4v) is 2.06. The molecule has 3 heterocycles. The molecular formula is C9H10O4. The Labute approximate surface area is 75.5 Å². The Morgan fingerprint density at radius 3 is 3.08 bits per heavy atom. The quantitative estimate of drug-likeness (QED) is 0.434. The van der Waals surface area contributed by atoms with E-state index in [1.165, 1.54) is 6.92 Å². The summed E-state index contributed by atoms with van der Waals surface area (Å²) >= 11 is 0. The van der Waals surface area contributed by atoms with Gasteiger partial charge in [-0.15, -0.1) is 0 Å². The lowest BCUT2D eigenvalue weighted by Crippen LogP contribution is -2.25. The first kappa shape index (κ1) is 7.53. The molecule has 13 heavy (non-hydrogen) atoms. The van der Waals surface area contributed by atoms with Crippen LogP contribution in [0.15, 0.2) is 11.8 Å². The molecule has 0 saturated carbocycles. The van der Waals surface area contributed by atoms with Gasteiger partial charge in [0.2, 0.25) is 0 Å². The lowest BCUT2D eigenvalue weighted by molar-refractivity contribution is -0.138. The van der Waals surface area contributed by atoms with Crippen molar-refractivity contribution in [2.45, 2.75) is 37.8 Å². The van der Waals surface area contributed by atoms with Crippen molar-refractivity contribution in [3.05, 3.63) is 11.8 Å². The van der Waals surface area contributed by atoms with Crippen molar-refractivity contribution < 1.29 is 19.0 Å². The molecule has 0 N–H and O–H groups in total. The third kappa shape index (κ3) is 1.09. The Morgan fingerprint density at radius 2 is 2.38 bits per heavy atom. The summed E-state index contributed by atoms with van der Waals surface area (Å²) in [6, 6.07) is 0. The Morgan fingerprint density at radius 1 is 1.54 bits per heavy atom. The van der Waals surface area contributed by atoms with E-state index >= 15 is 0 Å². The molecule has 70 valence electrons. The first-order valence-corrected chi connectivity index (χ1v) is 4.44. The fraction of sp³-hybridized carbons (Fsp3) is 0.667. The van der Waals surface area contributed by atoms with Gasteiger partial charge in [-0.1, -0.05) is 0 Å². The summed E-state index contributed by atoms with van der Waals surface area (Å²) in [6.45, 7) is 1.41. The van der Waals surface area contributed by atoms with E-state index in [2.05, 4.69) is 0 Å². The molecule has 0 aromatic carbocycles. The normalized spacial score (nSPS) is 45.2. The molecule has 0 aromatic rings. The molecule has 3 rings (SSSR count). The maximum atomic E-state index is 10.7. The number of rotatable bonds is 1. The third-order valence-electron chi connectivity index (χ3n) is 2.61. The van der Waals surface area contributed by atoms with Gasteiger partial charge in [-0.25, -0.2) is 0 Å². The second-order valence-electron chi connectivity index (χ2n) is 3.64. The lowest BCUT2D eigenvalue weighted by Gasteiger charge is -2.22. The number of ether oxygens (including phenoxy) is 3. The van der Waals surface area contributed by atoms with Crippen molar-refractivity contribution in [3.8, 4) is 0 Å². The number of esters is 1. The lowest BCUT2D eigenvalue weighted by atomic mass is 10.2. The molecule has 3 aliphatic heterocycles. The predicted molar refractivity (Wildman–Crippen MR) is 41.8 cm³/mol. The van der Waals surface area contributed by atoms with E-state index in [0.29, 0.717) is 6.42 Å². The first-order valence-electron chi connectivity index (χ1n) is 4.44. The van der Waals surface area contributed by atoms with Gasteiger partial charge in [-0.3, -0.25) is 4.79 Å². The second-order valence-corrected chi connectivity index (χ2v) is 3.64. The van der Waals surface area contributed by atoms with Gasteiger partial charge >= 0.3 is 5.97 Å². The Kier molecular flexibility index (Phi) is 1.35. The minimum Gasteiger partial charge on any atom is -0.431 e. The summed E-state index contributed by atoms with van der Waals surface area (Å²) in [7, 11) is 0. The summed E-state index contributed by atoms with van der Waals surface area (Å²) in [6.07, 6.45) is 3.10. The topological polar surface area (TPSA) is 48.1 Å². The number of fused-ring (bicyclic) bond motifs is 5. The highest BCUT2D eigenvalue weighted by atomic mass is 16.7. The molecule has 3 aliphatic rings. The minimum absolute atomic E-state index is 0.0121. The van der Waals surface area contributed by atoms with E-state index in [9.17, 15) is 4.79 Å². The zero-order chi connectivity index (χ0) is 9.00. The van der Waals surface area contributed by atoms with Crippen LogP contribution in [0, 0.1) is 0 Å². The molecule has 2 fully saturated rings. The molecule has 4 heteroatoms. The molecule has 4 atom stereocenters. The molecule has 0 aromatic heterocycles. The van der Waals surface area contributed by atoms with Crippen molar-refractivity contribution in [2.75, 3.05) is 0 Å². The van der Waals surface area contributed by atoms with Crippen LogP contribution < -0.4 is 0 Å². The molecule has 0 amide bonds. The molecule has 0 spiro atoms. The zero-order valence-corrected chi connectivity index (χ0v) is 7.23. The summed E-state index contributed by atoms with van der Waals surface area (Å²) in [5.41, 5.74) is 0. The Bertz CT molecular complexity index is 296. The SMILES string of the molecule is CC(=O)OC1=C[C@H]2O[C@@H](C1)[C@@H]1O[C@@H]12. The van der Waals surface area contributed by atoms with Gasteiger partial charge in [0, 0.05) is 13.3 Å². The first-order chi connectivity index (χ1) is 6.24. The highest BCUT2D eigenvalue weighted by molar-refractivity contribution is 5.67. The predicted octanol–water partition coefficient (Wildman–Crippen LogP) is 0.372. The summed E-state index contributed by atoms with van der Waals surface area (Å²) in [4.78, 5) is 10.7. The monoisotopic (exact) mass is 182 g/mol. The average molecular weight is 182 g/mol. The highest BCUT2D eigenvalue weighted by Crippen LogP contribution is 2.45. The standard InChI is InChI=1S/C9H10O4/c1-4(10)11-5-2-6-8-9(13-8)7(3-5)12-6/h2,6-9H,3H2,1H3/t6-,7+,8-,9+/m1/s1. The smallest absolute Gasteiger partial charge is 0.307 e. The summed E-state index contributed by atoms with van der Waals surface area (Å²) in [5.74, 6) is 0.478. The maximum absolute atomic E-state index is 10.7. The molecule has 0 aliphatic carbocycles. The minimum atomic E-state index is -0.262. The summed E-state index contributed by atoms with van der Waals surface area (Å²) in [5, 5.41) is 0. The number of hydrogen-bond acceptors (Lipinski definition) is 4. The maximum Gasteiger partial charge on any atom is 0.307 e. The van der Waals surface area contributed by atoms with Crippen LogP contribution in [0.2, 0.25) is 0 Å². The molecule has 0 unspecified atom stereocenters. The van der Waals surface area contributed by atoms with Crippen LogP contribution in [0.1, 0.15) is 13.3 Å². The van der Waals surface area contributed by atoms with E-state index in [1.54, 1.807) is 0 Å². The molecule has 2 bridgehead atoms. The highest BCUT2D eigenvalue weighted by Gasteiger charge is 2.59. The molecule has 4 nitrogen and oxygen atoms in total. The number of hydrogen-bond donors (Lipinski definition) is 0. The van der Waals surface area contributed by atoms with Crippen molar-refractivity contribution in [1.29, 1.82) is 0 Å². The van der Waals surface area contributed by atoms with Gasteiger partial charge < -0.3 is 14.2 Å². The van der Waals surface area contributed by atoms with E-state index in [4.69, 9.17) is 14.2 Å². The second kappa shape index (κ2) is 2.33. The fourth-order valence-electron chi connectivity index (χ4n) is 2.06. The van der Waals surface area contributed by atoms with Crippen LogP contribution >= 0.6 is 0 Å². The van der Waals surface area contributed by atoms with Crippen LogP contribution in [0.5, 0.6) is 0 Å². The van der Waals surface area contributed by atoms with Crippen molar-refractivity contribution in [1.82, 2.24) is 0 Å².